The first-order valence-electron chi connectivity index (χ1n) is 6.38. The highest BCUT2D eigenvalue weighted by Gasteiger charge is 2.22. The first-order valence-corrected chi connectivity index (χ1v) is 6.38. The van der Waals surface area contributed by atoms with Gasteiger partial charge in [0, 0.05) is 34.6 Å². The number of hydrogen-bond donors (Lipinski definition) is 1. The van der Waals surface area contributed by atoms with Gasteiger partial charge in [0.25, 0.3) is 0 Å². The number of aromatic amines is 1. The highest BCUT2D eigenvalue weighted by atomic mass is 16.1. The number of nitrogens with zero attached hydrogens (tertiary/aromatic N) is 2. The second kappa shape index (κ2) is 4.12. The Morgan fingerprint density at radius 2 is 2.22 bits per heavy atom. The third-order valence-corrected chi connectivity index (χ3v) is 3.80. The average Bonchev–Trinajstić information content (AvgIpc) is 2.87. The summed E-state index contributed by atoms with van der Waals surface area (Å²) in [4.78, 5) is 11.9. The standard InChI is InChI=1S/C14H17N3O/c1-9-6-12-13(4-3-5-14(12)18)17(9)8-11-7-15-16-10(11)2/h6-7H,3-5,8H2,1-2H3,(H,15,16). The van der Waals surface area contributed by atoms with Crippen LogP contribution in [0, 0.1) is 13.8 Å². The molecule has 2 aromatic heterocycles. The number of Topliss-reactive ketones (excluding diaryl/α,β-unsaturated/α-hetero) is 1. The molecule has 3 rings (SSSR count). The van der Waals surface area contributed by atoms with Crippen LogP contribution in [0.3, 0.4) is 0 Å². The molecule has 0 amide bonds. The van der Waals surface area contributed by atoms with E-state index in [2.05, 4.69) is 21.7 Å². The molecule has 0 spiro atoms. The van der Waals surface area contributed by atoms with Crippen LogP contribution in [0.15, 0.2) is 12.3 Å². The molecule has 0 aliphatic heterocycles. The minimum absolute atomic E-state index is 0.294. The van der Waals surface area contributed by atoms with Crippen molar-refractivity contribution in [3.63, 3.8) is 0 Å². The summed E-state index contributed by atoms with van der Waals surface area (Å²) in [6, 6.07) is 2.03. The lowest BCUT2D eigenvalue weighted by molar-refractivity contribution is 0.0972. The van der Waals surface area contributed by atoms with E-state index in [1.165, 1.54) is 11.3 Å². The zero-order chi connectivity index (χ0) is 12.7. The lowest BCUT2D eigenvalue weighted by Gasteiger charge is -2.15. The van der Waals surface area contributed by atoms with Gasteiger partial charge in [-0.2, -0.15) is 5.10 Å². The van der Waals surface area contributed by atoms with Crippen molar-refractivity contribution >= 4 is 5.78 Å². The number of carbonyl (C=O) groups is 1. The Hall–Kier alpha value is -1.84. The summed E-state index contributed by atoms with van der Waals surface area (Å²) < 4.78 is 2.25. The Kier molecular flexibility index (Phi) is 2.58. The van der Waals surface area contributed by atoms with Crippen LogP contribution in [0.1, 0.15) is 45.8 Å². The molecule has 2 heterocycles. The molecule has 4 nitrogen and oxygen atoms in total. The highest BCUT2D eigenvalue weighted by molar-refractivity contribution is 5.98. The summed E-state index contributed by atoms with van der Waals surface area (Å²) in [5, 5.41) is 7.01. The van der Waals surface area contributed by atoms with Crippen molar-refractivity contribution in [1.29, 1.82) is 0 Å². The summed E-state index contributed by atoms with van der Waals surface area (Å²) in [5.74, 6) is 0.294. The van der Waals surface area contributed by atoms with Crippen LogP contribution in [-0.2, 0) is 13.0 Å². The van der Waals surface area contributed by atoms with E-state index in [1.807, 2.05) is 19.2 Å². The zero-order valence-corrected chi connectivity index (χ0v) is 10.8. The molecule has 0 saturated heterocycles. The predicted molar refractivity (Wildman–Crippen MR) is 68.9 cm³/mol. The lowest BCUT2D eigenvalue weighted by atomic mass is 9.96. The van der Waals surface area contributed by atoms with E-state index in [4.69, 9.17) is 0 Å². The molecule has 94 valence electrons. The van der Waals surface area contributed by atoms with E-state index in [0.29, 0.717) is 12.2 Å². The van der Waals surface area contributed by atoms with Gasteiger partial charge in [-0.1, -0.05) is 0 Å². The topological polar surface area (TPSA) is 50.7 Å². The number of H-pyrrole nitrogens is 1. The van der Waals surface area contributed by atoms with E-state index in [9.17, 15) is 4.79 Å². The van der Waals surface area contributed by atoms with E-state index < -0.39 is 0 Å². The van der Waals surface area contributed by atoms with E-state index >= 15 is 0 Å². The smallest absolute Gasteiger partial charge is 0.164 e. The van der Waals surface area contributed by atoms with Gasteiger partial charge in [-0.15, -0.1) is 0 Å². The second-order valence-corrected chi connectivity index (χ2v) is 5.03. The van der Waals surface area contributed by atoms with Crippen molar-refractivity contribution < 1.29 is 4.79 Å². The van der Waals surface area contributed by atoms with Gasteiger partial charge >= 0.3 is 0 Å². The minimum Gasteiger partial charge on any atom is -0.344 e. The number of hydrogen-bond acceptors (Lipinski definition) is 2. The van der Waals surface area contributed by atoms with Crippen LogP contribution < -0.4 is 0 Å². The van der Waals surface area contributed by atoms with Crippen LogP contribution in [0.5, 0.6) is 0 Å². The predicted octanol–water partition coefficient (Wildman–Crippen LogP) is 2.40. The molecule has 0 unspecified atom stereocenters. The fourth-order valence-electron chi connectivity index (χ4n) is 2.72. The van der Waals surface area contributed by atoms with Crippen LogP contribution in [-0.4, -0.2) is 20.5 Å². The number of ketones is 1. The van der Waals surface area contributed by atoms with Gasteiger partial charge in [-0.3, -0.25) is 9.89 Å². The Balaban J connectivity index is 2.02. The van der Waals surface area contributed by atoms with Crippen molar-refractivity contribution in [3.8, 4) is 0 Å². The fourth-order valence-corrected chi connectivity index (χ4v) is 2.72. The molecule has 2 aromatic rings. The van der Waals surface area contributed by atoms with Crippen molar-refractivity contribution in [3.05, 3.63) is 40.5 Å². The first kappa shape index (κ1) is 11.3. The van der Waals surface area contributed by atoms with Gasteiger partial charge in [0.15, 0.2) is 5.78 Å². The summed E-state index contributed by atoms with van der Waals surface area (Å²) in [6.07, 6.45) is 4.54. The summed E-state index contributed by atoms with van der Waals surface area (Å²) in [6.45, 7) is 4.90. The number of fused-ring (bicyclic) bond motifs is 1. The lowest BCUT2D eigenvalue weighted by Crippen LogP contribution is -2.14. The van der Waals surface area contributed by atoms with Gasteiger partial charge in [0.1, 0.15) is 0 Å². The summed E-state index contributed by atoms with van der Waals surface area (Å²) in [5.41, 5.74) is 5.58. The molecule has 0 saturated carbocycles. The molecular weight excluding hydrogens is 226 g/mol. The third-order valence-electron chi connectivity index (χ3n) is 3.80. The van der Waals surface area contributed by atoms with Crippen molar-refractivity contribution in [2.75, 3.05) is 0 Å². The number of aryl methyl sites for hydroxylation is 2. The van der Waals surface area contributed by atoms with E-state index in [1.54, 1.807) is 0 Å². The molecule has 0 atom stereocenters. The quantitative estimate of drug-likeness (QED) is 0.880. The maximum absolute atomic E-state index is 11.9. The van der Waals surface area contributed by atoms with Crippen molar-refractivity contribution in [2.45, 2.75) is 39.7 Å². The van der Waals surface area contributed by atoms with Crippen molar-refractivity contribution in [2.24, 2.45) is 0 Å². The summed E-state index contributed by atoms with van der Waals surface area (Å²) in [7, 11) is 0. The SMILES string of the molecule is Cc1[nH]ncc1Cn1c(C)cc2c1CCCC2=O. The summed E-state index contributed by atoms with van der Waals surface area (Å²) >= 11 is 0. The molecule has 1 N–H and O–H groups in total. The third kappa shape index (κ3) is 1.68. The molecular formula is C14H17N3O. The molecule has 1 aliphatic carbocycles. The normalized spacial score (nSPS) is 14.9. The van der Waals surface area contributed by atoms with Crippen LogP contribution in [0.4, 0.5) is 0 Å². The first-order chi connectivity index (χ1) is 8.66. The van der Waals surface area contributed by atoms with Gasteiger partial charge in [0.2, 0.25) is 0 Å². The van der Waals surface area contributed by atoms with Crippen LogP contribution >= 0.6 is 0 Å². The van der Waals surface area contributed by atoms with Gasteiger partial charge in [-0.05, 0) is 32.8 Å². The van der Waals surface area contributed by atoms with Gasteiger partial charge in [0.05, 0.1) is 12.7 Å². The monoisotopic (exact) mass is 243 g/mol. The number of nitrogens with one attached hydrogen (secondary N) is 1. The largest absolute Gasteiger partial charge is 0.344 e. The molecule has 0 radical (unpaired) electrons. The zero-order valence-electron chi connectivity index (χ0n) is 10.8. The molecule has 4 heteroatoms. The minimum atomic E-state index is 0.294. The fraction of sp³-hybridized carbons (Fsp3) is 0.429. The maximum Gasteiger partial charge on any atom is 0.164 e. The highest BCUT2D eigenvalue weighted by Crippen LogP contribution is 2.26. The maximum atomic E-state index is 11.9. The number of rotatable bonds is 2. The van der Waals surface area contributed by atoms with E-state index in [0.717, 1.165) is 36.3 Å². The molecule has 18 heavy (non-hydrogen) atoms. The van der Waals surface area contributed by atoms with E-state index in [-0.39, 0.29) is 0 Å². The number of aromatic nitrogens is 3. The Morgan fingerprint density at radius 3 is 2.94 bits per heavy atom. The average molecular weight is 243 g/mol. The Morgan fingerprint density at radius 1 is 1.39 bits per heavy atom. The molecule has 0 fully saturated rings. The van der Waals surface area contributed by atoms with Crippen LogP contribution in [0.25, 0.3) is 0 Å². The number of carbonyl (C=O) groups excluding carboxylic acids is 1. The van der Waals surface area contributed by atoms with Crippen LogP contribution in [0.2, 0.25) is 0 Å². The van der Waals surface area contributed by atoms with Gasteiger partial charge < -0.3 is 4.57 Å². The molecule has 1 aliphatic rings. The molecule has 0 aromatic carbocycles. The van der Waals surface area contributed by atoms with Crippen molar-refractivity contribution in [1.82, 2.24) is 14.8 Å². The van der Waals surface area contributed by atoms with Gasteiger partial charge in [-0.25, -0.2) is 0 Å². The second-order valence-electron chi connectivity index (χ2n) is 5.03. The Bertz CT molecular complexity index is 607. The molecule has 0 bridgehead atoms. The Labute approximate surface area is 106 Å².